The molecule has 126 valence electrons. The maximum Gasteiger partial charge on any atom is 0.147 e. The SMILES string of the molecule is BC1(B)C[C@]2(CO2)[C@@H](C2(C)O[C@@H]2CC=C(C)C)[C@](B)(OC)[C@@H]1O. The fraction of sp³-hybridized carbons (Fsp3) is 0.875. The normalized spacial score (nSPS) is 50.6. The van der Waals surface area contributed by atoms with Crippen molar-refractivity contribution in [1.82, 2.24) is 0 Å². The minimum atomic E-state index is -0.674. The molecule has 0 aromatic heterocycles. The predicted molar refractivity (Wildman–Crippen MR) is 98.2 cm³/mol. The van der Waals surface area contributed by atoms with E-state index in [-0.39, 0.29) is 28.4 Å². The van der Waals surface area contributed by atoms with E-state index in [1.165, 1.54) is 5.57 Å². The number of hydrogen-bond donors (Lipinski definition) is 1. The van der Waals surface area contributed by atoms with Crippen molar-refractivity contribution in [2.75, 3.05) is 13.7 Å². The number of aliphatic hydroxyl groups is 1. The van der Waals surface area contributed by atoms with Gasteiger partial charge in [-0.1, -0.05) is 16.9 Å². The lowest BCUT2D eigenvalue weighted by Crippen LogP contribution is -2.68. The molecule has 3 aliphatic rings. The minimum absolute atomic E-state index is 0.0334. The summed E-state index contributed by atoms with van der Waals surface area (Å²) in [5, 5.41) is 10.8. The van der Waals surface area contributed by atoms with E-state index in [0.717, 1.165) is 19.4 Å². The van der Waals surface area contributed by atoms with Crippen molar-refractivity contribution in [3.63, 3.8) is 0 Å². The molecule has 0 aromatic carbocycles. The molecular formula is C16H29B3O4. The molecular weight excluding hydrogens is 289 g/mol. The van der Waals surface area contributed by atoms with Crippen molar-refractivity contribution < 1.29 is 19.3 Å². The third kappa shape index (κ3) is 2.55. The summed E-state index contributed by atoms with van der Waals surface area (Å²) in [6, 6.07) is 0. The number of ether oxygens (including phenoxy) is 3. The molecule has 0 amide bonds. The monoisotopic (exact) mass is 318 g/mol. The van der Waals surface area contributed by atoms with Gasteiger partial charge in [0.05, 0.1) is 29.9 Å². The molecule has 1 spiro atoms. The molecule has 2 aliphatic heterocycles. The van der Waals surface area contributed by atoms with Gasteiger partial charge in [-0.25, -0.2) is 0 Å². The summed E-state index contributed by atoms with van der Waals surface area (Å²) in [5.74, 6) is 0.0334. The van der Waals surface area contributed by atoms with Gasteiger partial charge < -0.3 is 19.3 Å². The van der Waals surface area contributed by atoms with Gasteiger partial charge in [-0.15, -0.1) is 0 Å². The van der Waals surface area contributed by atoms with E-state index in [2.05, 4.69) is 42.5 Å². The lowest BCUT2D eigenvalue weighted by Gasteiger charge is -2.56. The van der Waals surface area contributed by atoms with Crippen molar-refractivity contribution in [3.8, 4) is 0 Å². The molecule has 3 rings (SSSR count). The topological polar surface area (TPSA) is 54.5 Å². The van der Waals surface area contributed by atoms with Gasteiger partial charge in [-0.2, -0.15) is 0 Å². The Balaban J connectivity index is 1.92. The lowest BCUT2D eigenvalue weighted by molar-refractivity contribution is -0.150. The molecule has 0 radical (unpaired) electrons. The van der Waals surface area contributed by atoms with Crippen LogP contribution in [0.5, 0.6) is 0 Å². The van der Waals surface area contributed by atoms with Gasteiger partial charge in [0.25, 0.3) is 0 Å². The lowest BCUT2D eigenvalue weighted by atomic mass is 9.37. The molecule has 1 N–H and O–H groups in total. The van der Waals surface area contributed by atoms with Gasteiger partial charge >= 0.3 is 0 Å². The summed E-state index contributed by atoms with van der Waals surface area (Å²) in [6.07, 6.45) is 3.60. The third-order valence-corrected chi connectivity index (χ3v) is 6.38. The van der Waals surface area contributed by atoms with Crippen LogP contribution < -0.4 is 0 Å². The standard InChI is InChI=1S/C16H29B3O4/c1-9(2)5-6-10-13(3,23-10)11-14(8-22-14)7-15(17,18)12(20)16(11,19)21-4/h5,10-12,20H,6-8,17-19H2,1-4H3/t10-,11-,12-,13?,14+,16+/m1/s1. The fourth-order valence-electron chi connectivity index (χ4n) is 5.26. The first-order chi connectivity index (χ1) is 10.5. The Morgan fingerprint density at radius 2 is 1.96 bits per heavy atom. The average molecular weight is 318 g/mol. The van der Waals surface area contributed by atoms with Gasteiger partial charge in [0, 0.05) is 13.0 Å². The van der Waals surface area contributed by atoms with E-state index in [0.29, 0.717) is 0 Å². The van der Waals surface area contributed by atoms with Crippen LogP contribution in [0, 0.1) is 5.92 Å². The second kappa shape index (κ2) is 5.14. The second-order valence-corrected chi connectivity index (χ2v) is 9.05. The van der Waals surface area contributed by atoms with Gasteiger partial charge in [0.1, 0.15) is 29.1 Å². The molecule has 23 heavy (non-hydrogen) atoms. The molecule has 2 heterocycles. The highest BCUT2D eigenvalue weighted by atomic mass is 16.6. The van der Waals surface area contributed by atoms with Crippen LogP contribution in [0.15, 0.2) is 11.6 Å². The van der Waals surface area contributed by atoms with Crippen LogP contribution in [0.25, 0.3) is 0 Å². The number of allylic oxidation sites excluding steroid dienone is 1. The van der Waals surface area contributed by atoms with E-state index in [1.807, 2.05) is 7.85 Å². The summed E-state index contributed by atoms with van der Waals surface area (Å²) < 4.78 is 18.1. The minimum Gasteiger partial charge on any atom is -0.392 e. The average Bonchev–Trinajstić information content (AvgIpc) is 3.33. The Bertz CT molecular complexity index is 529. The van der Waals surface area contributed by atoms with Crippen molar-refractivity contribution in [1.29, 1.82) is 0 Å². The first-order valence-corrected chi connectivity index (χ1v) is 8.70. The number of rotatable bonds is 4. The van der Waals surface area contributed by atoms with Crippen molar-refractivity contribution >= 4 is 23.5 Å². The zero-order valence-electron chi connectivity index (χ0n) is 15.6. The highest BCUT2D eigenvalue weighted by molar-refractivity contribution is 6.41. The second-order valence-electron chi connectivity index (χ2n) is 9.05. The van der Waals surface area contributed by atoms with Gasteiger partial charge in [-0.3, -0.25) is 0 Å². The van der Waals surface area contributed by atoms with E-state index in [9.17, 15) is 5.11 Å². The third-order valence-electron chi connectivity index (χ3n) is 6.38. The number of hydrogen-bond acceptors (Lipinski definition) is 4. The Kier molecular flexibility index (Phi) is 3.93. The molecule has 1 saturated carbocycles. The summed E-state index contributed by atoms with van der Waals surface area (Å²) in [4.78, 5) is 0. The molecule has 0 bridgehead atoms. The van der Waals surface area contributed by atoms with E-state index in [4.69, 9.17) is 14.2 Å². The molecule has 2 saturated heterocycles. The summed E-state index contributed by atoms with van der Waals surface area (Å²) >= 11 is 0. The quantitative estimate of drug-likeness (QED) is 0.411. The van der Waals surface area contributed by atoms with Gasteiger partial charge in [0.2, 0.25) is 0 Å². The highest BCUT2D eigenvalue weighted by Crippen LogP contribution is 2.65. The van der Waals surface area contributed by atoms with E-state index in [1.54, 1.807) is 7.11 Å². The van der Waals surface area contributed by atoms with E-state index < -0.39 is 11.6 Å². The Morgan fingerprint density at radius 1 is 1.35 bits per heavy atom. The smallest absolute Gasteiger partial charge is 0.147 e. The maximum atomic E-state index is 11.0. The number of methoxy groups -OCH3 is 1. The molecule has 7 heteroatoms. The first-order valence-electron chi connectivity index (χ1n) is 8.70. The van der Waals surface area contributed by atoms with Crippen LogP contribution in [0.3, 0.4) is 0 Å². The largest absolute Gasteiger partial charge is 0.392 e. The van der Waals surface area contributed by atoms with Gasteiger partial charge in [0.15, 0.2) is 0 Å². The summed E-state index contributed by atoms with van der Waals surface area (Å²) in [6.45, 7) is 7.11. The number of epoxide rings is 2. The zero-order chi connectivity index (χ0) is 17.3. The van der Waals surface area contributed by atoms with Crippen molar-refractivity contribution in [2.24, 2.45) is 5.92 Å². The first kappa shape index (κ1) is 17.6. The van der Waals surface area contributed by atoms with Crippen LogP contribution in [-0.2, 0) is 14.2 Å². The summed E-state index contributed by atoms with van der Waals surface area (Å²) in [5.41, 5.74) is 0.110. The molecule has 1 aliphatic carbocycles. The molecule has 3 fully saturated rings. The zero-order valence-corrected chi connectivity index (χ0v) is 15.6. The molecule has 1 unspecified atom stereocenters. The van der Waals surface area contributed by atoms with Crippen molar-refractivity contribution in [2.45, 2.75) is 67.7 Å². The van der Waals surface area contributed by atoms with Crippen LogP contribution >= 0.6 is 0 Å². The molecule has 0 aromatic rings. The fourth-order valence-corrected chi connectivity index (χ4v) is 5.26. The summed E-state index contributed by atoms with van der Waals surface area (Å²) in [7, 11) is 7.93. The van der Waals surface area contributed by atoms with Crippen LogP contribution in [-0.4, -0.2) is 71.3 Å². The van der Waals surface area contributed by atoms with Gasteiger partial charge in [-0.05, 0) is 33.6 Å². The Hall–Kier alpha value is -0.225. The number of aliphatic hydroxyl groups excluding tert-OH is 1. The molecule has 6 atom stereocenters. The highest BCUT2D eigenvalue weighted by Gasteiger charge is 2.77. The van der Waals surface area contributed by atoms with E-state index >= 15 is 0 Å². The van der Waals surface area contributed by atoms with Crippen molar-refractivity contribution in [3.05, 3.63) is 11.6 Å². The van der Waals surface area contributed by atoms with Crippen LogP contribution in [0.4, 0.5) is 0 Å². The van der Waals surface area contributed by atoms with Crippen LogP contribution in [0.2, 0.25) is 5.21 Å². The maximum absolute atomic E-state index is 11.0. The Labute approximate surface area is 142 Å². The van der Waals surface area contributed by atoms with Crippen LogP contribution in [0.1, 0.15) is 33.6 Å². The Morgan fingerprint density at radius 3 is 2.43 bits per heavy atom. The molecule has 4 nitrogen and oxygen atoms in total. The predicted octanol–water partition coefficient (Wildman–Crippen LogP) is -0.992.